The molecule has 1 atom stereocenters. The third kappa shape index (κ3) is 5.19. The van der Waals surface area contributed by atoms with Gasteiger partial charge < -0.3 is 20.1 Å². The van der Waals surface area contributed by atoms with Gasteiger partial charge in [-0.15, -0.1) is 0 Å². The minimum Gasteiger partial charge on any atom is -0.489 e. The summed E-state index contributed by atoms with van der Waals surface area (Å²) in [6.07, 6.45) is 6.71. The maximum absolute atomic E-state index is 12.7. The molecule has 1 amide bonds. The van der Waals surface area contributed by atoms with Crippen molar-refractivity contribution >= 4 is 11.7 Å². The highest BCUT2D eigenvalue weighted by atomic mass is 16.5. The summed E-state index contributed by atoms with van der Waals surface area (Å²) in [7, 11) is 0. The van der Waals surface area contributed by atoms with E-state index in [-0.39, 0.29) is 30.6 Å². The quantitative estimate of drug-likeness (QED) is 0.763. The number of hydrogen-bond donors (Lipinski definition) is 2. The Balaban J connectivity index is 1.52. The zero-order valence-corrected chi connectivity index (χ0v) is 16.4. The molecule has 28 heavy (non-hydrogen) atoms. The van der Waals surface area contributed by atoms with Crippen LogP contribution in [0.15, 0.2) is 42.9 Å². The van der Waals surface area contributed by atoms with Gasteiger partial charge in [0, 0.05) is 38.3 Å². The third-order valence-electron chi connectivity index (χ3n) is 5.01. The normalized spacial score (nSPS) is 16.1. The number of anilines is 1. The molecule has 7 heteroatoms. The number of likely N-dealkylation sites (tertiary alicyclic amines) is 1. The van der Waals surface area contributed by atoms with E-state index < -0.39 is 0 Å². The molecule has 1 aliphatic heterocycles. The van der Waals surface area contributed by atoms with Crippen LogP contribution in [0.25, 0.3) is 0 Å². The number of hydrogen-bond acceptors (Lipinski definition) is 6. The minimum atomic E-state index is -0.0621. The second-order valence-electron chi connectivity index (χ2n) is 7.41. The van der Waals surface area contributed by atoms with Crippen molar-refractivity contribution in [3.8, 4) is 5.75 Å². The fraction of sp³-hybridized carbons (Fsp3) is 0.476. The van der Waals surface area contributed by atoms with Crippen molar-refractivity contribution in [1.29, 1.82) is 0 Å². The second-order valence-corrected chi connectivity index (χ2v) is 7.41. The SMILES string of the molecule is CC(C)[C@H](CO)Nc1ccc(C(=O)N2CCC(Oc3cccnc3)CC2)cn1. The van der Waals surface area contributed by atoms with Gasteiger partial charge in [0.1, 0.15) is 17.7 Å². The van der Waals surface area contributed by atoms with E-state index in [1.54, 1.807) is 30.7 Å². The number of aliphatic hydroxyl groups excluding tert-OH is 1. The summed E-state index contributed by atoms with van der Waals surface area (Å²) >= 11 is 0. The highest BCUT2D eigenvalue weighted by Crippen LogP contribution is 2.20. The number of aliphatic hydroxyl groups is 1. The highest BCUT2D eigenvalue weighted by molar-refractivity contribution is 5.94. The minimum absolute atomic E-state index is 0.0126. The first-order valence-electron chi connectivity index (χ1n) is 9.76. The average molecular weight is 384 g/mol. The molecule has 2 aromatic heterocycles. The number of aromatic nitrogens is 2. The Labute approximate surface area is 165 Å². The van der Waals surface area contributed by atoms with E-state index in [4.69, 9.17) is 4.74 Å². The van der Waals surface area contributed by atoms with E-state index in [9.17, 15) is 9.90 Å². The Hall–Kier alpha value is -2.67. The molecule has 0 spiro atoms. The van der Waals surface area contributed by atoms with Crippen molar-refractivity contribution in [1.82, 2.24) is 14.9 Å². The first kappa shape index (κ1) is 20.1. The molecule has 0 unspecified atom stereocenters. The number of pyridine rings is 2. The number of nitrogens with one attached hydrogen (secondary N) is 1. The summed E-state index contributed by atoms with van der Waals surface area (Å²) in [4.78, 5) is 23.0. The van der Waals surface area contributed by atoms with Crippen molar-refractivity contribution < 1.29 is 14.6 Å². The van der Waals surface area contributed by atoms with Gasteiger partial charge in [-0.2, -0.15) is 0 Å². The summed E-state index contributed by atoms with van der Waals surface area (Å²) in [5.41, 5.74) is 0.572. The lowest BCUT2D eigenvalue weighted by molar-refractivity contribution is 0.0594. The molecule has 0 aliphatic carbocycles. The number of carbonyl (C=O) groups is 1. The zero-order chi connectivity index (χ0) is 19.9. The molecule has 1 saturated heterocycles. The number of amides is 1. The molecule has 0 radical (unpaired) electrons. The Kier molecular flexibility index (Phi) is 6.81. The van der Waals surface area contributed by atoms with Gasteiger partial charge in [0.2, 0.25) is 0 Å². The number of nitrogens with zero attached hydrogens (tertiary/aromatic N) is 3. The van der Waals surface area contributed by atoms with Crippen molar-refractivity contribution in [2.45, 2.75) is 38.8 Å². The van der Waals surface area contributed by atoms with Crippen molar-refractivity contribution in [3.05, 3.63) is 48.4 Å². The lowest BCUT2D eigenvalue weighted by Crippen LogP contribution is -2.41. The molecular weight excluding hydrogens is 356 g/mol. The number of rotatable bonds is 7. The summed E-state index contributed by atoms with van der Waals surface area (Å²) in [6, 6.07) is 7.25. The second kappa shape index (κ2) is 9.50. The van der Waals surface area contributed by atoms with Crippen LogP contribution < -0.4 is 10.1 Å². The maximum atomic E-state index is 12.7. The third-order valence-corrected chi connectivity index (χ3v) is 5.01. The van der Waals surface area contributed by atoms with Gasteiger partial charge in [0.05, 0.1) is 24.4 Å². The van der Waals surface area contributed by atoms with Gasteiger partial charge in [0.25, 0.3) is 5.91 Å². The van der Waals surface area contributed by atoms with Crippen LogP contribution in [-0.4, -0.2) is 57.7 Å². The molecule has 7 nitrogen and oxygen atoms in total. The van der Waals surface area contributed by atoms with E-state index in [2.05, 4.69) is 15.3 Å². The topological polar surface area (TPSA) is 87.6 Å². The first-order valence-corrected chi connectivity index (χ1v) is 9.76. The maximum Gasteiger partial charge on any atom is 0.255 e. The molecule has 0 aromatic carbocycles. The smallest absolute Gasteiger partial charge is 0.255 e. The van der Waals surface area contributed by atoms with Crippen LogP contribution in [0.1, 0.15) is 37.0 Å². The largest absolute Gasteiger partial charge is 0.489 e. The number of ether oxygens (including phenoxy) is 1. The summed E-state index contributed by atoms with van der Waals surface area (Å²) in [5, 5.41) is 12.6. The molecule has 0 bridgehead atoms. The molecule has 2 aromatic rings. The molecule has 1 fully saturated rings. The van der Waals surface area contributed by atoms with E-state index in [1.165, 1.54) is 0 Å². The predicted molar refractivity (Wildman–Crippen MR) is 107 cm³/mol. The zero-order valence-electron chi connectivity index (χ0n) is 16.4. The fourth-order valence-corrected chi connectivity index (χ4v) is 3.19. The number of piperidine rings is 1. The van der Waals surface area contributed by atoms with Crippen LogP contribution in [0.2, 0.25) is 0 Å². The van der Waals surface area contributed by atoms with Crippen LogP contribution in [-0.2, 0) is 0 Å². The van der Waals surface area contributed by atoms with Crippen LogP contribution in [0, 0.1) is 5.92 Å². The standard InChI is InChI=1S/C21H28N4O3/c1-15(2)19(14-26)24-20-6-5-16(12-23-20)21(27)25-10-7-17(8-11-25)28-18-4-3-9-22-13-18/h3-6,9,12-13,15,17,19,26H,7-8,10-11,14H2,1-2H3,(H,23,24)/t19-/m0/s1. The Morgan fingerprint density at radius 1 is 1.29 bits per heavy atom. The molecule has 3 heterocycles. The average Bonchev–Trinajstić information content (AvgIpc) is 2.73. The summed E-state index contributed by atoms with van der Waals surface area (Å²) < 4.78 is 5.93. The molecule has 150 valence electrons. The van der Waals surface area contributed by atoms with Gasteiger partial charge in [-0.05, 0) is 30.2 Å². The molecule has 2 N–H and O–H groups in total. The molecule has 0 saturated carbocycles. The van der Waals surface area contributed by atoms with Gasteiger partial charge in [-0.3, -0.25) is 9.78 Å². The molecule has 3 rings (SSSR count). The molecular formula is C21H28N4O3. The predicted octanol–water partition coefficient (Wildman–Crippen LogP) is 2.59. The van der Waals surface area contributed by atoms with E-state index in [1.807, 2.05) is 30.9 Å². The summed E-state index contributed by atoms with van der Waals surface area (Å²) in [6.45, 7) is 5.42. The van der Waals surface area contributed by atoms with E-state index in [0.29, 0.717) is 24.5 Å². The van der Waals surface area contributed by atoms with Crippen LogP contribution in [0.5, 0.6) is 5.75 Å². The Morgan fingerprint density at radius 2 is 2.07 bits per heavy atom. The van der Waals surface area contributed by atoms with Crippen LogP contribution in [0.4, 0.5) is 5.82 Å². The first-order chi connectivity index (χ1) is 13.6. The van der Waals surface area contributed by atoms with Gasteiger partial charge in [-0.1, -0.05) is 13.8 Å². The van der Waals surface area contributed by atoms with E-state index >= 15 is 0 Å². The molecule has 1 aliphatic rings. The highest BCUT2D eigenvalue weighted by Gasteiger charge is 2.25. The fourth-order valence-electron chi connectivity index (χ4n) is 3.19. The number of carbonyl (C=O) groups excluding carboxylic acids is 1. The van der Waals surface area contributed by atoms with E-state index in [0.717, 1.165) is 18.6 Å². The monoisotopic (exact) mass is 384 g/mol. The lowest BCUT2D eigenvalue weighted by Gasteiger charge is -2.32. The lowest BCUT2D eigenvalue weighted by atomic mass is 10.1. The van der Waals surface area contributed by atoms with Gasteiger partial charge >= 0.3 is 0 Å². The van der Waals surface area contributed by atoms with Gasteiger partial charge in [-0.25, -0.2) is 4.98 Å². The van der Waals surface area contributed by atoms with Crippen LogP contribution >= 0.6 is 0 Å². The van der Waals surface area contributed by atoms with Crippen molar-refractivity contribution in [2.24, 2.45) is 5.92 Å². The van der Waals surface area contributed by atoms with Crippen molar-refractivity contribution in [3.63, 3.8) is 0 Å². The summed E-state index contributed by atoms with van der Waals surface area (Å²) in [5.74, 6) is 1.69. The van der Waals surface area contributed by atoms with Crippen LogP contribution in [0.3, 0.4) is 0 Å². The van der Waals surface area contributed by atoms with Gasteiger partial charge in [0.15, 0.2) is 0 Å². The Bertz CT molecular complexity index is 744. The van der Waals surface area contributed by atoms with Crippen molar-refractivity contribution in [2.75, 3.05) is 25.0 Å². The Morgan fingerprint density at radius 3 is 2.64 bits per heavy atom.